The van der Waals surface area contributed by atoms with Crippen LogP contribution in [0.1, 0.15) is 17.5 Å². The SMILES string of the molecule is COC(=O)N[C@@H](Cc1ccc(-c2ccccc2)cc1)C(=O)Nc1ccccc1CCC1CN(C(=O)O)CC(CSc2ccc(Cl)cc2)O1. The van der Waals surface area contributed by atoms with Crippen molar-refractivity contribution in [2.45, 2.75) is 42.4 Å². The molecule has 0 spiro atoms. The van der Waals surface area contributed by atoms with Gasteiger partial charge in [-0.2, -0.15) is 0 Å². The largest absolute Gasteiger partial charge is 0.465 e. The van der Waals surface area contributed by atoms with E-state index in [2.05, 4.69) is 10.6 Å². The van der Waals surface area contributed by atoms with Gasteiger partial charge in [-0.15, -0.1) is 11.8 Å². The molecule has 0 aliphatic carbocycles. The highest BCUT2D eigenvalue weighted by Gasteiger charge is 2.31. The van der Waals surface area contributed by atoms with Gasteiger partial charge in [0, 0.05) is 27.8 Å². The Morgan fingerprint density at radius 3 is 2.29 bits per heavy atom. The highest BCUT2D eigenvalue weighted by molar-refractivity contribution is 7.99. The molecule has 0 saturated carbocycles. The first-order chi connectivity index (χ1) is 23.3. The molecule has 1 aliphatic heterocycles. The zero-order valence-electron chi connectivity index (χ0n) is 26.5. The van der Waals surface area contributed by atoms with Crippen molar-refractivity contribution in [2.24, 2.45) is 0 Å². The number of benzene rings is 4. The van der Waals surface area contributed by atoms with Gasteiger partial charge < -0.3 is 30.1 Å². The van der Waals surface area contributed by atoms with Gasteiger partial charge in [0.05, 0.1) is 32.4 Å². The zero-order valence-corrected chi connectivity index (χ0v) is 28.1. The number of amides is 3. The molecule has 4 aromatic rings. The van der Waals surface area contributed by atoms with Crippen molar-refractivity contribution in [2.75, 3.05) is 31.3 Å². The van der Waals surface area contributed by atoms with Crippen molar-refractivity contribution in [3.63, 3.8) is 0 Å². The molecule has 2 unspecified atom stereocenters. The van der Waals surface area contributed by atoms with Gasteiger partial charge >= 0.3 is 12.2 Å². The van der Waals surface area contributed by atoms with Crippen LogP contribution in [-0.4, -0.2) is 72.3 Å². The Labute approximate surface area is 289 Å². The van der Waals surface area contributed by atoms with Crippen molar-refractivity contribution in [1.29, 1.82) is 0 Å². The number of aryl methyl sites for hydroxylation is 1. The summed E-state index contributed by atoms with van der Waals surface area (Å²) >= 11 is 7.60. The van der Waals surface area contributed by atoms with Crippen LogP contribution in [0.3, 0.4) is 0 Å². The Bertz CT molecular complexity index is 1670. The van der Waals surface area contributed by atoms with E-state index in [9.17, 15) is 19.5 Å². The Balaban J connectivity index is 1.22. The molecule has 48 heavy (non-hydrogen) atoms. The van der Waals surface area contributed by atoms with E-state index < -0.39 is 18.2 Å². The number of nitrogens with one attached hydrogen (secondary N) is 2. The predicted octanol–water partition coefficient (Wildman–Crippen LogP) is 7.39. The van der Waals surface area contributed by atoms with E-state index in [0.717, 1.165) is 27.1 Å². The Kier molecular flexibility index (Phi) is 12.4. The van der Waals surface area contributed by atoms with Crippen LogP contribution in [0.25, 0.3) is 11.1 Å². The second-order valence-electron chi connectivity index (χ2n) is 11.5. The number of hydrogen-bond donors (Lipinski definition) is 3. The first-order valence-corrected chi connectivity index (χ1v) is 17.0. The molecule has 1 aliphatic rings. The third kappa shape index (κ3) is 10.00. The summed E-state index contributed by atoms with van der Waals surface area (Å²) in [6.07, 6.45) is -0.918. The topological polar surface area (TPSA) is 117 Å². The van der Waals surface area contributed by atoms with E-state index >= 15 is 0 Å². The smallest absolute Gasteiger partial charge is 0.407 e. The van der Waals surface area contributed by atoms with Crippen LogP contribution >= 0.6 is 23.4 Å². The number of alkyl carbamates (subject to hydrolysis) is 1. The van der Waals surface area contributed by atoms with Crippen molar-refractivity contribution < 1.29 is 29.0 Å². The summed E-state index contributed by atoms with van der Waals surface area (Å²) in [4.78, 5) is 40.2. The summed E-state index contributed by atoms with van der Waals surface area (Å²) in [6, 6.07) is 31.9. The number of ether oxygens (including phenoxy) is 2. The molecule has 1 saturated heterocycles. The number of anilines is 1. The normalized spacial score (nSPS) is 16.5. The van der Waals surface area contributed by atoms with Gasteiger partial charge in [-0.05, 0) is 65.4 Å². The van der Waals surface area contributed by atoms with Gasteiger partial charge in [-0.1, -0.05) is 84.4 Å². The monoisotopic (exact) mass is 687 g/mol. The fourth-order valence-corrected chi connectivity index (χ4v) is 6.58. The fourth-order valence-electron chi connectivity index (χ4n) is 5.56. The number of hydrogen-bond acceptors (Lipinski definition) is 6. The fraction of sp³-hybridized carbons (Fsp3) is 0.270. The number of methoxy groups -OCH3 is 1. The van der Waals surface area contributed by atoms with E-state index in [1.807, 2.05) is 103 Å². The predicted molar refractivity (Wildman–Crippen MR) is 189 cm³/mol. The maximum Gasteiger partial charge on any atom is 0.407 e. The summed E-state index contributed by atoms with van der Waals surface area (Å²) < 4.78 is 11.2. The van der Waals surface area contributed by atoms with E-state index in [4.69, 9.17) is 21.1 Å². The molecular weight excluding hydrogens is 650 g/mol. The van der Waals surface area contributed by atoms with Crippen LogP contribution in [0, 0.1) is 0 Å². The number of carbonyl (C=O) groups is 3. The Morgan fingerprint density at radius 1 is 0.917 bits per heavy atom. The van der Waals surface area contributed by atoms with Crippen molar-refractivity contribution in [3.8, 4) is 11.1 Å². The lowest BCUT2D eigenvalue weighted by Gasteiger charge is -2.36. The summed E-state index contributed by atoms with van der Waals surface area (Å²) in [6.45, 7) is 0.558. The number of rotatable bonds is 12. The van der Waals surface area contributed by atoms with Crippen LogP contribution in [0.2, 0.25) is 5.02 Å². The van der Waals surface area contributed by atoms with Gasteiger partial charge in [0.25, 0.3) is 0 Å². The minimum absolute atomic E-state index is 0.258. The molecule has 1 heterocycles. The van der Waals surface area contributed by atoms with E-state index in [-0.39, 0.29) is 31.1 Å². The van der Waals surface area contributed by atoms with Crippen molar-refractivity contribution >= 4 is 47.1 Å². The third-order valence-corrected chi connectivity index (χ3v) is 9.45. The number of halogens is 1. The summed E-state index contributed by atoms with van der Waals surface area (Å²) in [7, 11) is 1.26. The lowest BCUT2D eigenvalue weighted by molar-refractivity contribution is -0.118. The van der Waals surface area contributed by atoms with Gasteiger partial charge in [0.2, 0.25) is 5.91 Å². The Morgan fingerprint density at radius 2 is 1.58 bits per heavy atom. The summed E-state index contributed by atoms with van der Waals surface area (Å²) in [5, 5.41) is 16.1. The number of para-hydroxylation sites is 1. The van der Waals surface area contributed by atoms with Crippen molar-refractivity contribution in [1.82, 2.24) is 10.2 Å². The highest BCUT2D eigenvalue weighted by Crippen LogP contribution is 2.26. The minimum Gasteiger partial charge on any atom is -0.465 e. The molecular formula is C37H38ClN3O6S. The van der Waals surface area contributed by atoms with Gasteiger partial charge in [-0.25, -0.2) is 9.59 Å². The summed E-state index contributed by atoms with van der Waals surface area (Å²) in [5.41, 5.74) is 4.50. The molecule has 9 nitrogen and oxygen atoms in total. The molecule has 3 atom stereocenters. The number of nitrogens with zero attached hydrogens (tertiary/aromatic N) is 1. The first kappa shape index (κ1) is 34.8. The maximum atomic E-state index is 13.6. The van der Waals surface area contributed by atoms with Crippen LogP contribution in [-0.2, 0) is 27.1 Å². The van der Waals surface area contributed by atoms with E-state index in [1.54, 1.807) is 11.8 Å². The zero-order chi connectivity index (χ0) is 33.9. The summed E-state index contributed by atoms with van der Waals surface area (Å²) in [5.74, 6) is 0.211. The molecule has 250 valence electrons. The molecule has 1 fully saturated rings. The van der Waals surface area contributed by atoms with Crippen molar-refractivity contribution in [3.05, 3.63) is 119 Å². The standard InChI is InChI=1S/C37H38ClN3O6S/c1-46-36(43)40-34(21-25-11-13-27(14-12-25)26-7-3-2-4-8-26)35(42)39-33-10-6-5-9-28(33)15-18-30-22-41(37(44)45)23-31(47-30)24-48-32-19-16-29(38)17-20-32/h2-14,16-17,19-20,30-31,34H,15,18,21-24H2,1H3,(H,39,42)(H,40,43)(H,44,45)/t30?,31?,34-/m0/s1. The highest BCUT2D eigenvalue weighted by atomic mass is 35.5. The second kappa shape index (κ2) is 17.1. The lowest BCUT2D eigenvalue weighted by Crippen LogP contribution is -2.50. The molecule has 3 N–H and O–H groups in total. The van der Waals surface area contributed by atoms with Crippen LogP contribution in [0.4, 0.5) is 15.3 Å². The minimum atomic E-state index is -0.976. The molecule has 0 radical (unpaired) electrons. The molecule has 4 aromatic carbocycles. The average molecular weight is 688 g/mol. The quantitative estimate of drug-likeness (QED) is 0.133. The van der Waals surface area contributed by atoms with E-state index in [0.29, 0.717) is 35.8 Å². The molecule has 11 heteroatoms. The van der Waals surface area contributed by atoms with Crippen LogP contribution in [0.5, 0.6) is 0 Å². The maximum absolute atomic E-state index is 13.6. The number of morpholine rings is 1. The molecule has 0 bridgehead atoms. The lowest BCUT2D eigenvalue weighted by atomic mass is 10.00. The first-order valence-electron chi connectivity index (χ1n) is 15.7. The van der Waals surface area contributed by atoms with Gasteiger partial charge in [0.1, 0.15) is 6.04 Å². The third-order valence-electron chi connectivity index (χ3n) is 8.06. The number of thioether (sulfide) groups is 1. The molecule has 3 amide bonds. The average Bonchev–Trinajstić information content (AvgIpc) is 3.11. The Hall–Kier alpha value is -4.51. The molecule has 5 rings (SSSR count). The number of carboxylic acid groups (broad SMARTS) is 1. The second-order valence-corrected chi connectivity index (χ2v) is 13.0. The van der Waals surface area contributed by atoms with E-state index in [1.165, 1.54) is 12.0 Å². The van der Waals surface area contributed by atoms with Crippen LogP contribution < -0.4 is 10.6 Å². The number of carbonyl (C=O) groups excluding carboxylic acids is 2. The molecule has 0 aromatic heterocycles. The van der Waals surface area contributed by atoms with Gasteiger partial charge in [-0.3, -0.25) is 4.79 Å². The van der Waals surface area contributed by atoms with Gasteiger partial charge in [0.15, 0.2) is 0 Å². The van der Waals surface area contributed by atoms with Crippen LogP contribution in [0.15, 0.2) is 108 Å².